The molecular formula is C22H22N8O7. The number of nitrogens with one attached hydrogen (secondary N) is 4. The molecule has 4 aromatic rings. The second kappa shape index (κ2) is 12.0. The van der Waals surface area contributed by atoms with Crippen molar-refractivity contribution < 1.29 is 14.2 Å². The molecule has 15 heteroatoms. The van der Waals surface area contributed by atoms with Crippen molar-refractivity contribution in [3.8, 4) is 11.5 Å². The maximum absolute atomic E-state index is 11.5. The normalized spacial score (nSPS) is 11.5. The Hall–Kier alpha value is -5.18. The van der Waals surface area contributed by atoms with Crippen molar-refractivity contribution >= 4 is 12.4 Å². The maximum atomic E-state index is 11.5. The van der Waals surface area contributed by atoms with Gasteiger partial charge in [0.2, 0.25) is 0 Å². The van der Waals surface area contributed by atoms with Crippen LogP contribution in [0.25, 0.3) is 0 Å². The zero-order valence-corrected chi connectivity index (χ0v) is 19.2. The van der Waals surface area contributed by atoms with Crippen LogP contribution in [-0.4, -0.2) is 68.6 Å². The number of para-hydroxylation sites is 2. The highest BCUT2D eigenvalue weighted by molar-refractivity contribution is 5.83. The average molecular weight is 510 g/mol. The lowest BCUT2D eigenvalue weighted by Gasteiger charge is -2.11. The zero-order chi connectivity index (χ0) is 26.0. The summed E-state index contributed by atoms with van der Waals surface area (Å²) in [5.74, 6) is 0.999. The van der Waals surface area contributed by atoms with E-state index >= 15 is 0 Å². The largest absolute Gasteiger partial charge is 0.491 e. The SMILES string of the molecule is O=c1[nH][nH]c(=O)n1/N=C/c1ccccc1OCCOCCOc1ccccc1/C=N/n1c(=O)[nH][nH]c1=O. The summed E-state index contributed by atoms with van der Waals surface area (Å²) in [6.45, 7) is 1.01. The highest BCUT2D eigenvalue weighted by Gasteiger charge is 2.05. The summed E-state index contributed by atoms with van der Waals surface area (Å²) in [6.07, 6.45) is 2.69. The molecule has 0 bridgehead atoms. The third-order valence-electron chi connectivity index (χ3n) is 4.76. The molecule has 0 unspecified atom stereocenters. The Balaban J connectivity index is 1.23. The van der Waals surface area contributed by atoms with E-state index in [1.165, 1.54) is 12.4 Å². The Morgan fingerprint density at radius 2 is 0.973 bits per heavy atom. The lowest BCUT2D eigenvalue weighted by atomic mass is 10.2. The summed E-state index contributed by atoms with van der Waals surface area (Å²) < 4.78 is 18.3. The van der Waals surface area contributed by atoms with Gasteiger partial charge in [-0.05, 0) is 24.3 Å². The second-order valence-corrected chi connectivity index (χ2v) is 7.22. The number of H-pyrrole nitrogens is 4. The van der Waals surface area contributed by atoms with Crippen molar-refractivity contribution in [3.05, 3.63) is 102 Å². The number of nitrogens with zero attached hydrogens (tertiary/aromatic N) is 4. The Morgan fingerprint density at radius 1 is 0.595 bits per heavy atom. The highest BCUT2D eigenvalue weighted by atomic mass is 16.5. The number of aromatic amines is 4. The van der Waals surface area contributed by atoms with Crippen LogP contribution in [0.15, 0.2) is 77.9 Å². The van der Waals surface area contributed by atoms with Crippen molar-refractivity contribution in [2.45, 2.75) is 0 Å². The lowest BCUT2D eigenvalue weighted by molar-refractivity contribution is 0.0764. The van der Waals surface area contributed by atoms with E-state index < -0.39 is 22.8 Å². The van der Waals surface area contributed by atoms with Gasteiger partial charge in [-0.3, -0.25) is 0 Å². The van der Waals surface area contributed by atoms with Gasteiger partial charge in [0, 0.05) is 11.1 Å². The van der Waals surface area contributed by atoms with E-state index in [1.54, 1.807) is 48.5 Å². The van der Waals surface area contributed by atoms with Crippen LogP contribution in [-0.2, 0) is 4.74 Å². The molecule has 0 saturated heterocycles. The molecule has 0 aliphatic heterocycles. The zero-order valence-electron chi connectivity index (χ0n) is 19.2. The summed E-state index contributed by atoms with van der Waals surface area (Å²) >= 11 is 0. The monoisotopic (exact) mass is 510 g/mol. The maximum Gasteiger partial charge on any atom is 0.365 e. The van der Waals surface area contributed by atoms with Crippen LogP contribution < -0.4 is 32.2 Å². The summed E-state index contributed by atoms with van der Waals surface area (Å²) in [4.78, 5) is 46.1. The van der Waals surface area contributed by atoms with Crippen molar-refractivity contribution in [1.29, 1.82) is 0 Å². The van der Waals surface area contributed by atoms with Gasteiger partial charge >= 0.3 is 22.8 Å². The van der Waals surface area contributed by atoms with Crippen molar-refractivity contribution in [1.82, 2.24) is 29.7 Å². The molecule has 37 heavy (non-hydrogen) atoms. The first-order valence-electron chi connectivity index (χ1n) is 10.9. The fraction of sp³-hybridized carbons (Fsp3) is 0.182. The molecule has 2 aromatic carbocycles. The van der Waals surface area contributed by atoms with E-state index in [0.717, 1.165) is 0 Å². The molecule has 0 radical (unpaired) electrons. The predicted octanol–water partition coefficient (Wildman–Crippen LogP) is -0.718. The number of rotatable bonds is 12. The Kier molecular flexibility index (Phi) is 8.07. The van der Waals surface area contributed by atoms with Crippen molar-refractivity contribution in [3.63, 3.8) is 0 Å². The number of benzene rings is 2. The Morgan fingerprint density at radius 3 is 1.38 bits per heavy atom. The molecule has 0 amide bonds. The summed E-state index contributed by atoms with van der Waals surface area (Å²) in [5.41, 5.74) is -1.60. The number of ether oxygens (including phenoxy) is 3. The average Bonchev–Trinajstić information content (AvgIpc) is 3.40. The van der Waals surface area contributed by atoms with E-state index in [0.29, 0.717) is 32.0 Å². The quantitative estimate of drug-likeness (QED) is 0.143. The van der Waals surface area contributed by atoms with E-state index in [2.05, 4.69) is 30.6 Å². The van der Waals surface area contributed by atoms with Crippen LogP contribution in [0.4, 0.5) is 0 Å². The van der Waals surface area contributed by atoms with Crippen LogP contribution in [0.1, 0.15) is 11.1 Å². The third-order valence-corrected chi connectivity index (χ3v) is 4.76. The van der Waals surface area contributed by atoms with Gasteiger partial charge in [0.05, 0.1) is 25.6 Å². The fourth-order valence-electron chi connectivity index (χ4n) is 3.02. The van der Waals surface area contributed by atoms with E-state index in [1.807, 2.05) is 0 Å². The van der Waals surface area contributed by atoms with Crippen LogP contribution >= 0.6 is 0 Å². The first-order chi connectivity index (χ1) is 18.0. The van der Waals surface area contributed by atoms with Gasteiger partial charge in [-0.2, -0.15) is 10.2 Å². The molecule has 4 N–H and O–H groups in total. The van der Waals surface area contributed by atoms with Crippen molar-refractivity contribution in [2.75, 3.05) is 26.4 Å². The van der Waals surface area contributed by atoms with E-state index in [9.17, 15) is 19.2 Å². The molecule has 192 valence electrons. The first-order valence-corrected chi connectivity index (χ1v) is 10.9. The van der Waals surface area contributed by atoms with Gasteiger partial charge in [0.1, 0.15) is 24.7 Å². The van der Waals surface area contributed by atoms with Crippen molar-refractivity contribution in [2.24, 2.45) is 10.2 Å². The Labute approximate surface area is 206 Å². The van der Waals surface area contributed by atoms with E-state index in [-0.39, 0.29) is 26.4 Å². The van der Waals surface area contributed by atoms with Gasteiger partial charge < -0.3 is 14.2 Å². The molecular weight excluding hydrogens is 488 g/mol. The van der Waals surface area contributed by atoms with Gasteiger partial charge in [-0.25, -0.2) is 39.6 Å². The molecule has 0 spiro atoms. The lowest BCUT2D eigenvalue weighted by Crippen LogP contribution is -2.22. The smallest absolute Gasteiger partial charge is 0.365 e. The summed E-state index contributed by atoms with van der Waals surface area (Å²) in [5, 5.41) is 16.3. The molecule has 0 atom stereocenters. The van der Waals surface area contributed by atoms with Crippen LogP contribution in [0.2, 0.25) is 0 Å². The van der Waals surface area contributed by atoms with E-state index in [4.69, 9.17) is 14.2 Å². The van der Waals surface area contributed by atoms with Gasteiger partial charge in [-0.15, -0.1) is 9.35 Å². The predicted molar refractivity (Wildman–Crippen MR) is 132 cm³/mol. The van der Waals surface area contributed by atoms with Crippen LogP contribution in [0.5, 0.6) is 11.5 Å². The molecule has 2 heterocycles. The molecule has 4 rings (SSSR count). The standard InChI is InChI=1S/C22H22N8O7/c31-19-25-26-20(32)29(19)23-13-15-5-1-3-7-17(15)36-11-9-35-10-12-37-18-8-4-2-6-16(18)14-24-30-21(33)27-28-22(30)34/h1-8,13-14H,9-12H2,(H,25,31)(H,26,32)(H,27,33)(H,28,34)/b23-13+,24-14+. The first kappa shape index (κ1) is 24.9. The van der Waals surface area contributed by atoms with Gasteiger partial charge in [-0.1, -0.05) is 24.3 Å². The topological polar surface area (TPSA) is 194 Å². The highest BCUT2D eigenvalue weighted by Crippen LogP contribution is 2.16. The number of hydrogen-bond donors (Lipinski definition) is 4. The minimum absolute atomic E-state index is 0.235. The van der Waals surface area contributed by atoms with Gasteiger partial charge in [0.25, 0.3) is 0 Å². The number of aromatic nitrogens is 6. The third kappa shape index (κ3) is 6.49. The fourth-order valence-corrected chi connectivity index (χ4v) is 3.02. The molecule has 15 nitrogen and oxygen atoms in total. The van der Waals surface area contributed by atoms with Crippen LogP contribution in [0, 0.1) is 0 Å². The van der Waals surface area contributed by atoms with Gasteiger partial charge in [0.15, 0.2) is 0 Å². The molecule has 0 fully saturated rings. The summed E-state index contributed by atoms with van der Waals surface area (Å²) in [7, 11) is 0. The minimum atomic E-state index is -0.684. The second-order valence-electron chi connectivity index (χ2n) is 7.22. The molecule has 0 saturated carbocycles. The number of hydrogen-bond acceptors (Lipinski definition) is 9. The van der Waals surface area contributed by atoms with Crippen LogP contribution in [0.3, 0.4) is 0 Å². The molecule has 0 aliphatic carbocycles. The Bertz CT molecular complexity index is 1440. The minimum Gasteiger partial charge on any atom is -0.491 e. The molecule has 2 aromatic heterocycles. The molecule has 0 aliphatic rings. The summed E-state index contributed by atoms with van der Waals surface area (Å²) in [6, 6.07) is 14.0.